The summed E-state index contributed by atoms with van der Waals surface area (Å²) in [4.78, 5) is 40.8. The van der Waals surface area contributed by atoms with E-state index in [9.17, 15) is 45.1 Å². The van der Waals surface area contributed by atoms with Gasteiger partial charge in [-0.15, -0.1) is 0 Å². The maximum atomic E-state index is 14.0. The van der Waals surface area contributed by atoms with Gasteiger partial charge in [0.2, 0.25) is 0 Å². The lowest BCUT2D eigenvalue weighted by atomic mass is 9.81. The van der Waals surface area contributed by atoms with Crippen LogP contribution in [0.25, 0.3) is 11.0 Å². The van der Waals surface area contributed by atoms with Crippen molar-refractivity contribution in [2.45, 2.75) is 43.6 Å². The molecule has 2 N–H and O–H groups in total. The first-order valence-electron chi connectivity index (χ1n) is 13.4. The molecule has 1 aromatic heterocycles. The first-order valence-corrected chi connectivity index (χ1v) is 13.8. The quantitative estimate of drug-likeness (QED) is 0.228. The van der Waals surface area contributed by atoms with E-state index in [1.54, 1.807) is 24.3 Å². The van der Waals surface area contributed by atoms with Crippen LogP contribution in [0.4, 0.5) is 30.7 Å². The summed E-state index contributed by atoms with van der Waals surface area (Å²) >= 11 is 5.98. The van der Waals surface area contributed by atoms with E-state index in [2.05, 4.69) is 0 Å². The molecule has 2 atom stereocenters. The van der Waals surface area contributed by atoms with Crippen molar-refractivity contribution < 1.29 is 44.7 Å². The number of alkyl halides is 6. The first-order chi connectivity index (χ1) is 21.0. The number of carbonyl (C=O) groups excluding carboxylic acids is 2. The van der Waals surface area contributed by atoms with Crippen molar-refractivity contribution in [3.8, 4) is 0 Å². The van der Waals surface area contributed by atoms with Gasteiger partial charge in [-0.2, -0.15) is 26.3 Å². The van der Waals surface area contributed by atoms with Crippen LogP contribution in [0.3, 0.4) is 0 Å². The highest BCUT2D eigenvalue weighted by atomic mass is 35.5. The molecule has 1 fully saturated rings. The molecule has 1 aliphatic rings. The molecule has 0 spiro atoms. The Morgan fingerprint density at radius 1 is 0.933 bits per heavy atom. The van der Waals surface area contributed by atoms with Crippen LogP contribution in [0.1, 0.15) is 61.9 Å². The zero-order valence-electron chi connectivity index (χ0n) is 22.9. The highest BCUT2D eigenvalue weighted by molar-refractivity contribution is 6.30. The Morgan fingerprint density at radius 3 is 2.13 bits per heavy atom. The van der Waals surface area contributed by atoms with E-state index in [1.165, 1.54) is 0 Å². The van der Waals surface area contributed by atoms with Crippen molar-refractivity contribution in [1.29, 1.82) is 0 Å². The van der Waals surface area contributed by atoms with Crippen LogP contribution in [-0.2, 0) is 18.8 Å². The Kier molecular flexibility index (Phi) is 8.43. The summed E-state index contributed by atoms with van der Waals surface area (Å²) in [6.45, 7) is -0.224. The molecule has 1 aliphatic heterocycles. The van der Waals surface area contributed by atoms with Gasteiger partial charge in [0.15, 0.2) is 11.2 Å². The Morgan fingerprint density at radius 2 is 1.56 bits per heavy atom. The number of nitrogens with two attached hydrogens (primary N) is 1. The highest BCUT2D eigenvalue weighted by Crippen LogP contribution is 2.39. The minimum absolute atomic E-state index is 0.0419. The minimum atomic E-state index is -5.17. The Bertz CT molecular complexity index is 1820. The summed E-state index contributed by atoms with van der Waals surface area (Å²) in [5.41, 5.74) is 1.06. The molecule has 6 nitrogen and oxygen atoms in total. The molecule has 236 valence electrons. The number of amides is 2. The summed E-state index contributed by atoms with van der Waals surface area (Å²) in [6.07, 6.45) is -10.4. The summed E-state index contributed by atoms with van der Waals surface area (Å²) in [5.74, 6) is -4.18. The van der Waals surface area contributed by atoms with Gasteiger partial charge < -0.3 is 15.1 Å². The molecule has 5 rings (SSSR count). The zero-order valence-corrected chi connectivity index (χ0v) is 23.7. The van der Waals surface area contributed by atoms with Crippen LogP contribution in [0.5, 0.6) is 0 Å². The average molecular weight is 655 g/mol. The smallest absolute Gasteiger partial charge is 0.416 e. The van der Waals surface area contributed by atoms with Crippen molar-refractivity contribution in [3.63, 3.8) is 0 Å². The van der Waals surface area contributed by atoms with Gasteiger partial charge in [-0.05, 0) is 79.3 Å². The number of hydrogen-bond acceptors (Lipinski definition) is 4. The maximum absolute atomic E-state index is 14.0. The monoisotopic (exact) mass is 654 g/mol. The van der Waals surface area contributed by atoms with Gasteiger partial charge in [-0.3, -0.25) is 14.4 Å². The maximum Gasteiger partial charge on any atom is 0.416 e. The second-order valence-corrected chi connectivity index (χ2v) is 11.1. The van der Waals surface area contributed by atoms with Crippen molar-refractivity contribution in [1.82, 2.24) is 4.90 Å². The lowest BCUT2D eigenvalue weighted by molar-refractivity contribution is -0.143. The SMILES string of the molecule is NC(=O)c1oc2ccc(F)cc2c(=O)c1C1CCN(C(=O)c2cc(C(F)(F)F)cc(C(F)(F)F)c2)C(Cc2ccc(Cl)cc2)C1. The van der Waals surface area contributed by atoms with Crippen LogP contribution in [0.15, 0.2) is 69.9 Å². The second-order valence-electron chi connectivity index (χ2n) is 10.7. The fraction of sp³-hybridized carbons (Fsp3) is 0.258. The molecule has 45 heavy (non-hydrogen) atoms. The standard InChI is InChI=1S/C31H22ClF7N2O4/c32-20-3-1-15(2-4-20)9-22-12-16(25-26(42)23-14-21(33)5-6-24(23)45-27(25)28(40)43)7-8-41(22)29(44)17-10-18(30(34,35)36)13-19(11-17)31(37,38)39/h1-6,10-11,13-14,16,22H,7-9,12H2,(H2,40,43). The predicted molar refractivity (Wildman–Crippen MR) is 149 cm³/mol. The lowest BCUT2D eigenvalue weighted by Gasteiger charge is -2.40. The topological polar surface area (TPSA) is 93.6 Å². The molecule has 0 saturated carbocycles. The van der Waals surface area contributed by atoms with Crippen molar-refractivity contribution in [2.75, 3.05) is 6.54 Å². The largest absolute Gasteiger partial charge is 0.450 e. The van der Waals surface area contributed by atoms with Crippen LogP contribution in [-0.4, -0.2) is 29.3 Å². The van der Waals surface area contributed by atoms with E-state index in [0.29, 0.717) is 22.7 Å². The number of fused-ring (bicyclic) bond motifs is 1. The predicted octanol–water partition coefficient (Wildman–Crippen LogP) is 7.35. The van der Waals surface area contributed by atoms with Crippen molar-refractivity contribution in [3.05, 3.63) is 115 Å². The number of piperidine rings is 1. The number of benzene rings is 3. The van der Waals surface area contributed by atoms with Crippen LogP contribution in [0, 0.1) is 5.82 Å². The van der Waals surface area contributed by atoms with Crippen LogP contribution < -0.4 is 11.2 Å². The van der Waals surface area contributed by atoms with Gasteiger partial charge >= 0.3 is 12.4 Å². The summed E-state index contributed by atoms with van der Waals surface area (Å²) < 4.78 is 101. The Labute approximate surface area is 255 Å². The highest BCUT2D eigenvalue weighted by Gasteiger charge is 2.40. The minimum Gasteiger partial charge on any atom is -0.450 e. The number of likely N-dealkylation sites (tertiary alicyclic amines) is 1. The molecule has 1 saturated heterocycles. The molecule has 0 aliphatic carbocycles. The van der Waals surface area contributed by atoms with Gasteiger partial charge in [0.05, 0.1) is 22.1 Å². The third-order valence-electron chi connectivity index (χ3n) is 7.72. The zero-order chi connectivity index (χ0) is 32.8. The van der Waals surface area contributed by atoms with E-state index in [4.69, 9.17) is 21.8 Å². The molecule has 0 radical (unpaired) electrons. The first kappa shape index (κ1) is 32.0. The fourth-order valence-electron chi connectivity index (χ4n) is 5.65. The van der Waals surface area contributed by atoms with Crippen molar-refractivity contribution in [2.24, 2.45) is 5.73 Å². The fourth-order valence-corrected chi connectivity index (χ4v) is 5.77. The van der Waals surface area contributed by atoms with Crippen LogP contribution >= 0.6 is 11.6 Å². The third kappa shape index (κ3) is 6.68. The van der Waals surface area contributed by atoms with Crippen LogP contribution in [0.2, 0.25) is 5.02 Å². The van der Waals surface area contributed by atoms with Gasteiger partial charge in [-0.25, -0.2) is 4.39 Å². The molecule has 3 aromatic carbocycles. The van der Waals surface area contributed by atoms with E-state index in [1.807, 2.05) is 0 Å². The Hall–Kier alpha value is -4.39. The summed E-state index contributed by atoms with van der Waals surface area (Å²) in [7, 11) is 0. The molecule has 2 unspecified atom stereocenters. The number of halogens is 8. The lowest BCUT2D eigenvalue weighted by Crippen LogP contribution is -2.47. The second kappa shape index (κ2) is 11.8. The van der Waals surface area contributed by atoms with Crippen molar-refractivity contribution >= 4 is 34.4 Å². The molecule has 0 bridgehead atoms. The molecule has 4 aromatic rings. The van der Waals surface area contributed by atoms with E-state index >= 15 is 0 Å². The molecule has 2 amide bonds. The third-order valence-corrected chi connectivity index (χ3v) is 7.97. The Balaban J connectivity index is 1.59. The summed E-state index contributed by atoms with van der Waals surface area (Å²) in [6, 6.07) is 9.27. The van der Waals surface area contributed by atoms with E-state index in [0.717, 1.165) is 23.1 Å². The molecular weight excluding hydrogens is 633 g/mol. The summed E-state index contributed by atoms with van der Waals surface area (Å²) in [5, 5.41) is 0.232. The van der Waals surface area contributed by atoms with E-state index < -0.39 is 69.8 Å². The van der Waals surface area contributed by atoms with Gasteiger partial charge in [-0.1, -0.05) is 23.7 Å². The normalized spacial score (nSPS) is 17.5. The number of carbonyl (C=O) groups is 2. The van der Waals surface area contributed by atoms with Gasteiger partial charge in [0.25, 0.3) is 11.8 Å². The number of nitrogens with zero attached hydrogens (tertiary/aromatic N) is 1. The van der Waals surface area contributed by atoms with Gasteiger partial charge in [0.1, 0.15) is 11.4 Å². The van der Waals surface area contributed by atoms with Gasteiger partial charge in [0, 0.05) is 23.2 Å². The average Bonchev–Trinajstić information content (AvgIpc) is 2.97. The molecular formula is C31H22ClF7N2O4. The number of primary amides is 1. The van der Waals surface area contributed by atoms with E-state index in [-0.39, 0.29) is 48.4 Å². The molecule has 14 heteroatoms. The number of hydrogen-bond donors (Lipinski definition) is 1. The molecule has 2 heterocycles. The number of rotatable bonds is 5.